The molecule has 0 bridgehead atoms. The van der Waals surface area contributed by atoms with Gasteiger partial charge in [-0.15, -0.1) is 0 Å². The van der Waals surface area contributed by atoms with Gasteiger partial charge < -0.3 is 103 Å². The van der Waals surface area contributed by atoms with Crippen molar-refractivity contribution < 1.29 is 103 Å². The van der Waals surface area contributed by atoms with Crippen molar-refractivity contribution in [2.45, 2.75) is 46.1 Å². The number of likely N-dealkylation sites (N-methyl/N-ethyl adjacent to an activating group) is 5. The standard InChI is InChI=1S/5C5H14NO.C4H6O4.C4H8O3.2C2H4O2/c5*1-6(2,3)4-5-7;5-3(6)1-2-4(7)8;1-2-3(5)4(6)7;2*1-2(3)4/h5*7H,4-5H2,1-3H3;1-2H2,(H,5,6)(H,7,8);3,5H,2H2,1H3,(H,6,7);2*1H3,(H,3,4)/q5*+1;;;;/p-5. The van der Waals surface area contributed by atoms with Crippen molar-refractivity contribution in [2.75, 3.05) is 171 Å². The Hall–Kier alpha value is -3.09. The molecule has 0 radical (unpaired) electrons. The zero-order valence-electron chi connectivity index (χ0n) is 39.3. The normalized spacial score (nSPS) is 10.9. The van der Waals surface area contributed by atoms with Gasteiger partial charge in [-0.3, -0.25) is 0 Å². The first kappa shape index (κ1) is 75.7. The monoisotopic (exact) mass is 858 g/mol. The van der Waals surface area contributed by atoms with Gasteiger partial charge in [0, 0.05) is 23.9 Å². The molecule has 0 fully saturated rings. The second-order valence-electron chi connectivity index (χ2n) is 17.2. The van der Waals surface area contributed by atoms with Gasteiger partial charge in [-0.25, -0.2) is 0 Å². The van der Waals surface area contributed by atoms with E-state index in [1.54, 1.807) is 6.92 Å². The second-order valence-corrected chi connectivity index (χ2v) is 17.2. The third kappa shape index (κ3) is 183. The molecule has 0 heterocycles. The lowest BCUT2D eigenvalue weighted by Gasteiger charge is -2.21. The molecule has 0 aliphatic heterocycles. The lowest BCUT2D eigenvalue weighted by atomic mass is 10.3. The summed E-state index contributed by atoms with van der Waals surface area (Å²) in [6, 6.07) is 0. The zero-order chi connectivity index (χ0) is 49.2. The SMILES string of the molecule is CC(=O)[O-].CC(=O)[O-].CCC(O)C(=O)[O-].C[N+](C)(C)CCO.C[N+](C)(C)CCO.C[N+](C)(C)CCO.C[N+](C)(C)CCO.C[N+](C)(C)CCO.O=C([O-])CCC(=O)[O-]. The Bertz CT molecular complexity index is 827. The van der Waals surface area contributed by atoms with E-state index in [2.05, 4.69) is 106 Å². The molecule has 0 spiro atoms. The summed E-state index contributed by atoms with van der Waals surface area (Å²) in [6.45, 7) is 9.09. The maximum Gasteiger partial charge on any atom is 0.101 e. The van der Waals surface area contributed by atoms with Crippen molar-refractivity contribution in [3.63, 3.8) is 0 Å². The van der Waals surface area contributed by atoms with Crippen molar-refractivity contribution in [1.82, 2.24) is 0 Å². The van der Waals surface area contributed by atoms with E-state index in [1.165, 1.54) is 0 Å². The van der Waals surface area contributed by atoms with Gasteiger partial charge in [0.1, 0.15) is 32.7 Å². The van der Waals surface area contributed by atoms with E-state index in [0.29, 0.717) is 0 Å². The van der Waals surface area contributed by atoms with E-state index in [-0.39, 0.29) is 39.5 Å². The average Bonchev–Trinajstić information content (AvgIpc) is 2.94. The van der Waals surface area contributed by atoms with Crippen LogP contribution in [0.15, 0.2) is 0 Å². The fourth-order valence-electron chi connectivity index (χ4n) is 1.87. The summed E-state index contributed by atoms with van der Waals surface area (Å²) in [5.41, 5.74) is 0. The Morgan fingerprint density at radius 3 is 0.569 bits per heavy atom. The van der Waals surface area contributed by atoms with E-state index in [9.17, 15) is 29.7 Å². The van der Waals surface area contributed by atoms with Gasteiger partial charge in [-0.1, -0.05) is 6.92 Å². The van der Waals surface area contributed by atoms with E-state index in [4.69, 9.17) is 50.4 Å². The number of aliphatic hydroxyl groups is 6. The van der Waals surface area contributed by atoms with Crippen molar-refractivity contribution in [1.29, 1.82) is 0 Å². The second kappa shape index (κ2) is 45.0. The number of aliphatic hydroxyl groups excluding tert-OH is 6. The summed E-state index contributed by atoms with van der Waals surface area (Å²) in [6.07, 6.45) is -2.02. The summed E-state index contributed by atoms with van der Waals surface area (Å²) in [4.78, 5) is 46.4. The van der Waals surface area contributed by atoms with Gasteiger partial charge in [-0.05, 0) is 33.1 Å². The molecule has 0 aliphatic rings. The summed E-state index contributed by atoms with van der Waals surface area (Å²) >= 11 is 0. The first-order chi connectivity index (χ1) is 25.6. The number of aliphatic carboxylic acids is 5. The minimum atomic E-state index is -1.40. The molecule has 58 heavy (non-hydrogen) atoms. The van der Waals surface area contributed by atoms with Gasteiger partial charge >= 0.3 is 0 Å². The van der Waals surface area contributed by atoms with Crippen LogP contribution in [0.5, 0.6) is 0 Å². The maximum absolute atomic E-state index is 9.57. The Balaban J connectivity index is -0.0000000670. The molecule has 1 unspecified atom stereocenters. The third-order valence-corrected chi connectivity index (χ3v) is 5.05. The number of carboxylic acid groups (broad SMARTS) is 5. The van der Waals surface area contributed by atoms with Crippen LogP contribution >= 0.6 is 0 Å². The molecule has 0 saturated heterocycles. The van der Waals surface area contributed by atoms with Crippen LogP contribution in [0.3, 0.4) is 0 Å². The number of hydrogen-bond donors (Lipinski definition) is 6. The minimum absolute atomic E-state index is 0.211. The molecule has 21 nitrogen and oxygen atoms in total. The average molecular weight is 858 g/mol. The van der Waals surface area contributed by atoms with Crippen molar-refractivity contribution in [3.8, 4) is 0 Å². The van der Waals surface area contributed by atoms with Crippen LogP contribution in [-0.2, 0) is 24.0 Å². The van der Waals surface area contributed by atoms with Gasteiger partial charge in [0.15, 0.2) is 0 Å². The van der Waals surface area contributed by atoms with Crippen LogP contribution in [0.25, 0.3) is 0 Å². The molecule has 0 aromatic rings. The smallest absolute Gasteiger partial charge is 0.101 e. The maximum atomic E-state index is 9.57. The fourth-order valence-corrected chi connectivity index (χ4v) is 1.87. The van der Waals surface area contributed by atoms with Crippen LogP contribution in [0.2, 0.25) is 0 Å². The van der Waals surface area contributed by atoms with Gasteiger partial charge in [0.25, 0.3) is 0 Å². The van der Waals surface area contributed by atoms with Gasteiger partial charge in [-0.2, -0.15) is 0 Å². The Kier molecular flexibility index (Phi) is 58.7. The third-order valence-electron chi connectivity index (χ3n) is 5.05. The van der Waals surface area contributed by atoms with E-state index >= 15 is 0 Å². The van der Waals surface area contributed by atoms with Gasteiger partial charge in [0.05, 0.1) is 151 Å². The Morgan fingerprint density at radius 2 is 0.552 bits per heavy atom. The van der Waals surface area contributed by atoms with Crippen LogP contribution < -0.4 is 25.5 Å². The topological polar surface area (TPSA) is 322 Å². The molecule has 0 aromatic heterocycles. The molecule has 0 aromatic carbocycles. The van der Waals surface area contributed by atoms with E-state index < -0.39 is 48.8 Å². The fraction of sp³-hybridized carbons (Fsp3) is 0.865. The zero-order valence-corrected chi connectivity index (χ0v) is 39.3. The molecule has 0 amide bonds. The lowest BCUT2D eigenvalue weighted by molar-refractivity contribution is -0.870. The van der Waals surface area contributed by atoms with Crippen LogP contribution in [0.4, 0.5) is 0 Å². The Morgan fingerprint density at radius 1 is 0.414 bits per heavy atom. The summed E-state index contributed by atoms with van der Waals surface area (Å²) in [5, 5.41) is 96.6. The lowest BCUT2D eigenvalue weighted by Crippen LogP contribution is -2.36. The van der Waals surface area contributed by atoms with Crippen LogP contribution in [0.1, 0.15) is 40.0 Å². The largest absolute Gasteiger partial charge is 0.550 e. The number of carboxylic acids is 5. The molecule has 356 valence electrons. The highest BCUT2D eigenvalue weighted by molar-refractivity contribution is 5.72. The van der Waals surface area contributed by atoms with Gasteiger partial charge in [0.2, 0.25) is 0 Å². The van der Waals surface area contributed by atoms with Crippen molar-refractivity contribution in [3.05, 3.63) is 0 Å². The molecule has 0 rings (SSSR count). The number of rotatable bonds is 15. The first-order valence-corrected chi connectivity index (χ1v) is 18.3. The van der Waals surface area contributed by atoms with E-state index in [0.717, 1.165) is 69.0 Å². The highest BCUT2D eigenvalue weighted by Crippen LogP contribution is 1.87. The number of carbonyl (C=O) groups is 5. The summed E-state index contributed by atoms with van der Waals surface area (Å²) in [5.74, 6) is -6.30. The highest BCUT2D eigenvalue weighted by Gasteiger charge is 2.04. The molecule has 0 saturated carbocycles. The quantitative estimate of drug-likeness (QED) is 0.0833. The number of hydrogen-bond acceptors (Lipinski definition) is 16. The predicted molar refractivity (Wildman–Crippen MR) is 212 cm³/mol. The molecular weight excluding hydrogens is 770 g/mol. The number of carbonyl (C=O) groups excluding carboxylic acids is 5. The highest BCUT2D eigenvalue weighted by atomic mass is 16.4. The first-order valence-electron chi connectivity index (χ1n) is 18.3. The van der Waals surface area contributed by atoms with Crippen molar-refractivity contribution >= 4 is 29.8 Å². The molecule has 21 heteroatoms. The van der Waals surface area contributed by atoms with E-state index in [1.807, 2.05) is 0 Å². The minimum Gasteiger partial charge on any atom is -0.550 e. The molecule has 0 aliphatic carbocycles. The molecule has 6 N–H and O–H groups in total. The van der Waals surface area contributed by atoms with Crippen LogP contribution in [0, 0.1) is 0 Å². The number of quaternary nitrogens is 5. The number of nitrogens with zero attached hydrogens (tertiary/aromatic N) is 5. The summed E-state index contributed by atoms with van der Waals surface area (Å²) in [7, 11) is 30.8. The Labute approximate surface area is 349 Å². The molecule has 1 atom stereocenters. The van der Waals surface area contributed by atoms with Crippen molar-refractivity contribution in [2.24, 2.45) is 0 Å². The summed E-state index contributed by atoms with van der Waals surface area (Å²) < 4.78 is 4.22. The molecular formula is C37H87N5O16. The predicted octanol–water partition coefficient (Wildman–Crippen LogP) is -8.29. The van der Waals surface area contributed by atoms with Crippen LogP contribution in [-0.4, -0.2) is 260 Å².